The Morgan fingerprint density at radius 3 is 3.14 bits per heavy atom. The second kappa shape index (κ2) is 6.64. The molecule has 0 spiro atoms. The van der Waals surface area contributed by atoms with Crippen LogP contribution in [0.25, 0.3) is 6.08 Å². The summed E-state index contributed by atoms with van der Waals surface area (Å²) in [5.74, 6) is 2.05. The first-order valence-corrected chi connectivity index (χ1v) is 7.47. The van der Waals surface area contributed by atoms with Gasteiger partial charge in [-0.3, -0.25) is 0 Å². The van der Waals surface area contributed by atoms with E-state index in [0.717, 1.165) is 30.0 Å². The van der Waals surface area contributed by atoms with E-state index in [2.05, 4.69) is 29.6 Å². The average Bonchev–Trinajstić information content (AvgIpc) is 3.01. The minimum Gasteiger partial charge on any atom is -0.496 e. The van der Waals surface area contributed by atoms with Gasteiger partial charge in [-0.2, -0.15) is 0 Å². The summed E-state index contributed by atoms with van der Waals surface area (Å²) < 4.78 is 10.9. The van der Waals surface area contributed by atoms with Crippen LogP contribution < -0.4 is 10.1 Å². The zero-order chi connectivity index (χ0) is 14.5. The number of hydrogen-bond donors (Lipinski definition) is 1. The Bertz CT molecular complexity index is 615. The van der Waals surface area contributed by atoms with Gasteiger partial charge in [-0.15, -0.1) is 0 Å². The van der Waals surface area contributed by atoms with E-state index in [9.17, 15) is 0 Å². The van der Waals surface area contributed by atoms with Crippen molar-refractivity contribution in [2.45, 2.75) is 25.3 Å². The fourth-order valence-corrected chi connectivity index (χ4v) is 2.90. The van der Waals surface area contributed by atoms with E-state index in [-0.39, 0.29) is 0 Å². The van der Waals surface area contributed by atoms with Gasteiger partial charge in [-0.25, -0.2) is 0 Å². The summed E-state index contributed by atoms with van der Waals surface area (Å²) in [7, 11) is 1.70. The summed E-state index contributed by atoms with van der Waals surface area (Å²) in [5, 5.41) is 3.58. The van der Waals surface area contributed by atoms with Crippen molar-refractivity contribution in [3.63, 3.8) is 0 Å². The van der Waals surface area contributed by atoms with Gasteiger partial charge in [0.05, 0.1) is 13.4 Å². The number of ether oxygens (including phenoxy) is 1. The molecule has 1 aromatic carbocycles. The maximum absolute atomic E-state index is 5.52. The molecule has 1 unspecified atom stereocenters. The van der Waals surface area contributed by atoms with Crippen LogP contribution in [0.15, 0.2) is 47.1 Å². The van der Waals surface area contributed by atoms with Gasteiger partial charge in [-0.05, 0) is 25.0 Å². The molecule has 0 amide bonds. The second-order valence-electron chi connectivity index (χ2n) is 5.30. The predicted molar refractivity (Wildman–Crippen MR) is 84.4 cm³/mol. The third kappa shape index (κ3) is 3.19. The molecule has 2 aromatic rings. The number of benzene rings is 1. The molecule has 1 aromatic heterocycles. The van der Waals surface area contributed by atoms with E-state index < -0.39 is 0 Å². The topological polar surface area (TPSA) is 34.4 Å². The van der Waals surface area contributed by atoms with E-state index in [4.69, 9.17) is 9.15 Å². The highest BCUT2D eigenvalue weighted by molar-refractivity contribution is 5.57. The van der Waals surface area contributed by atoms with Crippen LogP contribution in [-0.2, 0) is 6.42 Å². The van der Waals surface area contributed by atoms with Crippen LogP contribution in [0.5, 0.6) is 5.75 Å². The number of hydrogen-bond acceptors (Lipinski definition) is 3. The minimum absolute atomic E-state index is 0.412. The standard InChI is InChI=1S/C18H21NO2/c1-20-17-9-3-2-6-14(17)7-5-12-19-16-8-4-10-18-15(16)11-13-21-18/h2-3,5-7,9,11,13,16,19H,4,8,10,12H2,1H3/b7-5+. The van der Waals surface area contributed by atoms with Crippen LogP contribution in [-0.4, -0.2) is 13.7 Å². The third-order valence-electron chi connectivity index (χ3n) is 3.97. The minimum atomic E-state index is 0.412. The van der Waals surface area contributed by atoms with Crippen molar-refractivity contribution < 1.29 is 9.15 Å². The van der Waals surface area contributed by atoms with Crippen molar-refractivity contribution in [3.8, 4) is 5.75 Å². The molecule has 1 heterocycles. The Kier molecular flexibility index (Phi) is 4.41. The highest BCUT2D eigenvalue weighted by Gasteiger charge is 2.21. The summed E-state index contributed by atoms with van der Waals surface area (Å²) >= 11 is 0. The van der Waals surface area contributed by atoms with Crippen molar-refractivity contribution >= 4 is 6.08 Å². The summed E-state index contributed by atoms with van der Waals surface area (Å²) in [4.78, 5) is 0. The third-order valence-corrected chi connectivity index (χ3v) is 3.97. The number of rotatable bonds is 5. The average molecular weight is 283 g/mol. The Morgan fingerprint density at radius 1 is 1.33 bits per heavy atom. The maximum atomic E-state index is 5.52. The summed E-state index contributed by atoms with van der Waals surface area (Å²) in [5.41, 5.74) is 2.43. The first kappa shape index (κ1) is 14.0. The Balaban J connectivity index is 1.59. The van der Waals surface area contributed by atoms with Gasteiger partial charge >= 0.3 is 0 Å². The van der Waals surface area contributed by atoms with E-state index in [1.165, 1.54) is 18.4 Å². The molecular weight excluding hydrogens is 262 g/mol. The van der Waals surface area contributed by atoms with Crippen molar-refractivity contribution in [3.05, 3.63) is 59.6 Å². The first-order chi connectivity index (χ1) is 10.4. The van der Waals surface area contributed by atoms with Crippen LogP contribution in [0.1, 0.15) is 35.8 Å². The van der Waals surface area contributed by atoms with Crippen molar-refractivity contribution in [1.29, 1.82) is 0 Å². The van der Waals surface area contributed by atoms with E-state index >= 15 is 0 Å². The predicted octanol–water partition coefficient (Wildman–Crippen LogP) is 3.97. The van der Waals surface area contributed by atoms with Crippen molar-refractivity contribution in [1.82, 2.24) is 5.32 Å². The second-order valence-corrected chi connectivity index (χ2v) is 5.30. The number of furan rings is 1. The normalized spacial score (nSPS) is 17.9. The van der Waals surface area contributed by atoms with Crippen molar-refractivity contribution in [2.24, 2.45) is 0 Å². The molecule has 0 saturated heterocycles. The van der Waals surface area contributed by atoms with Gasteiger partial charge in [0.2, 0.25) is 0 Å². The lowest BCUT2D eigenvalue weighted by atomic mass is 9.93. The van der Waals surface area contributed by atoms with Gasteiger partial charge in [0, 0.05) is 30.1 Å². The summed E-state index contributed by atoms with van der Waals surface area (Å²) in [6.07, 6.45) is 9.48. The molecule has 0 bridgehead atoms. The lowest BCUT2D eigenvalue weighted by Crippen LogP contribution is -2.24. The highest BCUT2D eigenvalue weighted by atomic mass is 16.5. The van der Waals surface area contributed by atoms with Crippen LogP contribution in [0.3, 0.4) is 0 Å². The molecule has 0 radical (unpaired) electrons. The molecule has 3 nitrogen and oxygen atoms in total. The summed E-state index contributed by atoms with van der Waals surface area (Å²) in [6, 6.07) is 10.5. The van der Waals surface area contributed by atoms with Crippen LogP contribution in [0.4, 0.5) is 0 Å². The molecule has 1 N–H and O–H groups in total. The monoisotopic (exact) mass is 283 g/mol. The lowest BCUT2D eigenvalue weighted by Gasteiger charge is -2.22. The van der Waals surface area contributed by atoms with Gasteiger partial charge in [0.25, 0.3) is 0 Å². The number of fused-ring (bicyclic) bond motifs is 1. The molecule has 3 rings (SSSR count). The summed E-state index contributed by atoms with van der Waals surface area (Å²) in [6.45, 7) is 0.841. The van der Waals surface area contributed by atoms with E-state index in [0.29, 0.717) is 6.04 Å². The molecule has 110 valence electrons. The SMILES string of the molecule is COc1ccccc1/C=C/CNC1CCCc2occc21. The van der Waals surface area contributed by atoms with E-state index in [1.54, 1.807) is 13.4 Å². The number of methoxy groups -OCH3 is 1. The number of aryl methyl sites for hydroxylation is 1. The largest absolute Gasteiger partial charge is 0.496 e. The Morgan fingerprint density at radius 2 is 2.24 bits per heavy atom. The molecule has 1 aliphatic rings. The van der Waals surface area contributed by atoms with Crippen LogP contribution in [0.2, 0.25) is 0 Å². The van der Waals surface area contributed by atoms with Crippen LogP contribution >= 0.6 is 0 Å². The zero-order valence-corrected chi connectivity index (χ0v) is 12.3. The quantitative estimate of drug-likeness (QED) is 0.901. The molecule has 1 aliphatic carbocycles. The number of para-hydroxylation sites is 1. The van der Waals surface area contributed by atoms with Gasteiger partial charge in [0.15, 0.2) is 0 Å². The Labute approximate surface area is 125 Å². The molecule has 0 saturated carbocycles. The van der Waals surface area contributed by atoms with Crippen LogP contribution in [0, 0.1) is 0 Å². The highest BCUT2D eigenvalue weighted by Crippen LogP contribution is 2.30. The Hall–Kier alpha value is -2.00. The molecule has 0 aliphatic heterocycles. The van der Waals surface area contributed by atoms with Gasteiger partial charge < -0.3 is 14.5 Å². The molecule has 3 heteroatoms. The van der Waals surface area contributed by atoms with Gasteiger partial charge in [0.1, 0.15) is 11.5 Å². The number of nitrogens with one attached hydrogen (secondary N) is 1. The molecule has 1 atom stereocenters. The zero-order valence-electron chi connectivity index (χ0n) is 12.3. The van der Waals surface area contributed by atoms with E-state index in [1.807, 2.05) is 18.2 Å². The maximum Gasteiger partial charge on any atom is 0.126 e. The fraction of sp³-hybridized carbons (Fsp3) is 0.333. The van der Waals surface area contributed by atoms with Crippen molar-refractivity contribution in [2.75, 3.05) is 13.7 Å². The molecule has 21 heavy (non-hydrogen) atoms. The smallest absolute Gasteiger partial charge is 0.126 e. The van der Waals surface area contributed by atoms with Gasteiger partial charge in [-0.1, -0.05) is 30.4 Å². The first-order valence-electron chi connectivity index (χ1n) is 7.47. The fourth-order valence-electron chi connectivity index (χ4n) is 2.90. The molecule has 0 fully saturated rings. The lowest BCUT2D eigenvalue weighted by molar-refractivity contribution is 0.414. The molecular formula is C18H21NO2.